The molecule has 3 N–H and O–H groups in total. The first kappa shape index (κ1) is 19.2. The molecule has 23 heavy (non-hydrogen) atoms. The van der Waals surface area contributed by atoms with Crippen LogP contribution in [0.15, 0.2) is 30.3 Å². The highest BCUT2D eigenvalue weighted by Crippen LogP contribution is 2.18. The molecule has 5 nitrogen and oxygen atoms in total. The van der Waals surface area contributed by atoms with E-state index in [1.165, 1.54) is 0 Å². The minimum absolute atomic E-state index is 0.0515. The molecule has 5 heteroatoms. The summed E-state index contributed by atoms with van der Waals surface area (Å²) in [6.07, 6.45) is 0.576. The summed E-state index contributed by atoms with van der Waals surface area (Å²) in [7, 11) is 0. The predicted octanol–water partition coefficient (Wildman–Crippen LogP) is 1.82. The van der Waals surface area contributed by atoms with Crippen LogP contribution < -0.4 is 10.6 Å². The van der Waals surface area contributed by atoms with E-state index in [0.717, 1.165) is 5.56 Å². The van der Waals surface area contributed by atoms with Gasteiger partial charge in [0, 0.05) is 24.5 Å². The molecule has 1 aromatic rings. The molecule has 2 atom stereocenters. The standard InChI is InChI=1S/C18H28N2O3/c1-13(20-17(23)18(2,3)4)16(22)19-12-15(10-11-21)14-8-6-5-7-9-14/h5-9,13,15,21H,10-12H2,1-4H3,(H,19,22)(H,20,23). The van der Waals surface area contributed by atoms with Crippen molar-refractivity contribution in [1.29, 1.82) is 0 Å². The van der Waals surface area contributed by atoms with E-state index in [1.54, 1.807) is 27.7 Å². The lowest BCUT2D eigenvalue weighted by Gasteiger charge is -2.23. The van der Waals surface area contributed by atoms with Crippen molar-refractivity contribution in [3.63, 3.8) is 0 Å². The van der Waals surface area contributed by atoms with Crippen LogP contribution in [-0.4, -0.2) is 36.1 Å². The smallest absolute Gasteiger partial charge is 0.242 e. The van der Waals surface area contributed by atoms with Gasteiger partial charge in [-0.25, -0.2) is 0 Å². The van der Waals surface area contributed by atoms with Crippen molar-refractivity contribution in [2.24, 2.45) is 5.41 Å². The molecule has 0 aliphatic heterocycles. The molecule has 2 unspecified atom stereocenters. The lowest BCUT2D eigenvalue weighted by atomic mass is 9.95. The van der Waals surface area contributed by atoms with Gasteiger partial charge in [-0.3, -0.25) is 9.59 Å². The Morgan fingerprint density at radius 3 is 2.30 bits per heavy atom. The molecule has 0 saturated heterocycles. The molecule has 0 spiro atoms. The van der Waals surface area contributed by atoms with Crippen molar-refractivity contribution in [2.75, 3.05) is 13.2 Å². The molecule has 0 heterocycles. The number of amides is 2. The van der Waals surface area contributed by atoms with Crippen LogP contribution in [0.25, 0.3) is 0 Å². The quantitative estimate of drug-likeness (QED) is 0.717. The van der Waals surface area contributed by atoms with Crippen molar-refractivity contribution in [2.45, 2.75) is 46.1 Å². The van der Waals surface area contributed by atoms with Gasteiger partial charge < -0.3 is 15.7 Å². The van der Waals surface area contributed by atoms with E-state index in [-0.39, 0.29) is 24.3 Å². The van der Waals surface area contributed by atoms with Crippen LogP contribution in [0, 0.1) is 5.41 Å². The predicted molar refractivity (Wildman–Crippen MR) is 91.0 cm³/mol. The van der Waals surface area contributed by atoms with Crippen LogP contribution in [0.2, 0.25) is 0 Å². The van der Waals surface area contributed by atoms with Crippen LogP contribution in [0.3, 0.4) is 0 Å². The van der Waals surface area contributed by atoms with E-state index in [2.05, 4.69) is 10.6 Å². The van der Waals surface area contributed by atoms with E-state index in [1.807, 2.05) is 30.3 Å². The summed E-state index contributed by atoms with van der Waals surface area (Å²) in [5, 5.41) is 14.8. The molecule has 0 radical (unpaired) electrons. The van der Waals surface area contributed by atoms with Gasteiger partial charge in [0.15, 0.2) is 0 Å². The van der Waals surface area contributed by atoms with Crippen LogP contribution >= 0.6 is 0 Å². The molecule has 0 bridgehead atoms. The van der Waals surface area contributed by atoms with Crippen LogP contribution in [0.4, 0.5) is 0 Å². The van der Waals surface area contributed by atoms with E-state index >= 15 is 0 Å². The monoisotopic (exact) mass is 320 g/mol. The molecule has 0 aromatic heterocycles. The van der Waals surface area contributed by atoms with Crippen LogP contribution in [-0.2, 0) is 9.59 Å². The first-order chi connectivity index (χ1) is 10.8. The molecule has 0 aliphatic rings. The number of benzene rings is 1. The minimum atomic E-state index is -0.590. The maximum atomic E-state index is 12.2. The third-order valence-corrected chi connectivity index (χ3v) is 3.69. The van der Waals surface area contributed by atoms with Gasteiger partial charge in [0.05, 0.1) is 0 Å². The number of hydrogen-bond donors (Lipinski definition) is 3. The van der Waals surface area contributed by atoms with Crippen LogP contribution in [0.5, 0.6) is 0 Å². The Labute approximate surface area is 138 Å². The number of hydrogen-bond acceptors (Lipinski definition) is 3. The average Bonchev–Trinajstić information content (AvgIpc) is 2.50. The molecule has 1 rings (SSSR count). The summed E-state index contributed by atoms with van der Waals surface area (Å²) < 4.78 is 0. The fourth-order valence-electron chi connectivity index (χ4n) is 2.12. The second-order valence-electron chi connectivity index (χ2n) is 6.81. The van der Waals surface area contributed by atoms with Gasteiger partial charge in [-0.2, -0.15) is 0 Å². The van der Waals surface area contributed by atoms with Crippen molar-refractivity contribution in [1.82, 2.24) is 10.6 Å². The molecule has 0 aliphatic carbocycles. The Morgan fingerprint density at radius 2 is 1.78 bits per heavy atom. The Hall–Kier alpha value is -1.88. The summed E-state index contributed by atoms with van der Waals surface area (Å²) in [5.74, 6) is -0.327. The highest BCUT2D eigenvalue weighted by molar-refractivity contribution is 5.89. The number of nitrogens with one attached hydrogen (secondary N) is 2. The van der Waals surface area contributed by atoms with Gasteiger partial charge in [-0.1, -0.05) is 51.1 Å². The number of aliphatic hydroxyl groups is 1. The first-order valence-corrected chi connectivity index (χ1v) is 8.00. The normalized spacial score (nSPS) is 14.0. The first-order valence-electron chi connectivity index (χ1n) is 8.00. The van der Waals surface area contributed by atoms with Crippen molar-refractivity contribution in [3.05, 3.63) is 35.9 Å². The third kappa shape index (κ3) is 6.40. The number of rotatable bonds is 7. The Bertz CT molecular complexity index is 509. The Kier molecular flexibility index (Phi) is 7.23. The zero-order valence-electron chi connectivity index (χ0n) is 14.4. The second-order valence-corrected chi connectivity index (χ2v) is 6.81. The van der Waals surface area contributed by atoms with E-state index in [0.29, 0.717) is 13.0 Å². The topological polar surface area (TPSA) is 78.4 Å². The van der Waals surface area contributed by atoms with E-state index < -0.39 is 11.5 Å². The lowest BCUT2D eigenvalue weighted by molar-refractivity contribution is -0.133. The third-order valence-electron chi connectivity index (χ3n) is 3.69. The summed E-state index contributed by atoms with van der Waals surface area (Å²) in [4.78, 5) is 24.1. The molecule has 0 fully saturated rings. The van der Waals surface area contributed by atoms with Crippen molar-refractivity contribution < 1.29 is 14.7 Å². The van der Waals surface area contributed by atoms with Crippen LogP contribution in [0.1, 0.15) is 45.6 Å². The lowest BCUT2D eigenvalue weighted by Crippen LogP contribution is -2.48. The zero-order valence-corrected chi connectivity index (χ0v) is 14.4. The minimum Gasteiger partial charge on any atom is -0.396 e. The van der Waals surface area contributed by atoms with E-state index in [9.17, 15) is 14.7 Å². The second kappa shape index (κ2) is 8.67. The SMILES string of the molecule is CC(NC(=O)C(C)(C)C)C(=O)NCC(CCO)c1ccccc1. The fourth-order valence-corrected chi connectivity index (χ4v) is 2.12. The summed E-state index contributed by atoms with van der Waals surface area (Å²) in [6, 6.07) is 9.19. The zero-order chi connectivity index (χ0) is 17.5. The van der Waals surface area contributed by atoms with Crippen molar-refractivity contribution in [3.8, 4) is 0 Å². The average molecular weight is 320 g/mol. The molecule has 0 saturated carbocycles. The van der Waals surface area contributed by atoms with Gasteiger partial charge in [-0.05, 0) is 18.9 Å². The fraction of sp³-hybridized carbons (Fsp3) is 0.556. The van der Waals surface area contributed by atoms with Gasteiger partial charge in [0.1, 0.15) is 6.04 Å². The highest BCUT2D eigenvalue weighted by Gasteiger charge is 2.25. The molecule has 1 aromatic carbocycles. The van der Waals surface area contributed by atoms with Gasteiger partial charge >= 0.3 is 0 Å². The van der Waals surface area contributed by atoms with Gasteiger partial charge in [-0.15, -0.1) is 0 Å². The Balaban J connectivity index is 2.57. The molecule has 2 amide bonds. The maximum Gasteiger partial charge on any atom is 0.242 e. The Morgan fingerprint density at radius 1 is 1.17 bits per heavy atom. The van der Waals surface area contributed by atoms with Gasteiger partial charge in [0.25, 0.3) is 0 Å². The number of aliphatic hydroxyl groups excluding tert-OH is 1. The number of carbonyl (C=O) groups excluding carboxylic acids is 2. The summed E-state index contributed by atoms with van der Waals surface area (Å²) >= 11 is 0. The highest BCUT2D eigenvalue weighted by atomic mass is 16.3. The summed E-state index contributed by atoms with van der Waals surface area (Å²) in [5.41, 5.74) is 0.547. The maximum absolute atomic E-state index is 12.2. The number of carbonyl (C=O) groups is 2. The largest absolute Gasteiger partial charge is 0.396 e. The summed E-state index contributed by atoms with van der Waals surface area (Å²) in [6.45, 7) is 7.58. The molecular formula is C18H28N2O3. The molecule has 128 valence electrons. The van der Waals surface area contributed by atoms with Crippen molar-refractivity contribution >= 4 is 11.8 Å². The molecular weight excluding hydrogens is 292 g/mol. The van der Waals surface area contributed by atoms with Gasteiger partial charge in [0.2, 0.25) is 11.8 Å². The van der Waals surface area contributed by atoms with E-state index in [4.69, 9.17) is 0 Å².